The summed E-state index contributed by atoms with van der Waals surface area (Å²) in [6.07, 6.45) is 4.31. The molecule has 1 aliphatic carbocycles. The zero-order chi connectivity index (χ0) is 11.4. The van der Waals surface area contributed by atoms with Gasteiger partial charge in [-0.25, -0.2) is 0 Å². The standard InChI is InChI=1S/C12H14N2O2/c13-6-5-12(3-4-12)9-16-11-2-1-10(8-15)14-7-11/h1-2,7,15H,3-5,8-9H2. The van der Waals surface area contributed by atoms with Gasteiger partial charge >= 0.3 is 0 Å². The lowest BCUT2D eigenvalue weighted by molar-refractivity contribution is 0.235. The van der Waals surface area contributed by atoms with E-state index in [1.54, 1.807) is 18.3 Å². The van der Waals surface area contributed by atoms with Crippen molar-refractivity contribution in [1.82, 2.24) is 4.98 Å². The Morgan fingerprint density at radius 3 is 2.81 bits per heavy atom. The molecule has 0 atom stereocenters. The van der Waals surface area contributed by atoms with Crippen LogP contribution in [0, 0.1) is 16.7 Å². The summed E-state index contributed by atoms with van der Waals surface area (Å²) in [6.45, 7) is 0.527. The second-order valence-electron chi connectivity index (χ2n) is 4.27. The van der Waals surface area contributed by atoms with Crippen LogP contribution in [0.2, 0.25) is 0 Å². The van der Waals surface area contributed by atoms with Crippen LogP contribution in [-0.2, 0) is 6.61 Å². The molecule has 0 saturated heterocycles. The fourth-order valence-corrected chi connectivity index (χ4v) is 1.54. The zero-order valence-electron chi connectivity index (χ0n) is 9.02. The van der Waals surface area contributed by atoms with Gasteiger partial charge in [0, 0.05) is 11.8 Å². The summed E-state index contributed by atoms with van der Waals surface area (Å²) < 4.78 is 5.59. The van der Waals surface area contributed by atoms with E-state index in [1.807, 2.05) is 0 Å². The summed E-state index contributed by atoms with van der Waals surface area (Å²) in [4.78, 5) is 4.02. The van der Waals surface area contributed by atoms with Crippen LogP contribution in [0.15, 0.2) is 18.3 Å². The van der Waals surface area contributed by atoms with E-state index in [1.165, 1.54) is 0 Å². The van der Waals surface area contributed by atoms with E-state index in [0.717, 1.165) is 12.8 Å². The highest BCUT2D eigenvalue weighted by Gasteiger charge is 2.43. The molecule has 0 bridgehead atoms. The largest absolute Gasteiger partial charge is 0.491 e. The number of hydrogen-bond donors (Lipinski definition) is 1. The van der Waals surface area contributed by atoms with Crippen LogP contribution < -0.4 is 4.74 Å². The summed E-state index contributed by atoms with van der Waals surface area (Å²) in [5.41, 5.74) is 0.718. The minimum atomic E-state index is -0.0569. The Labute approximate surface area is 94.5 Å². The number of rotatable bonds is 5. The number of aliphatic hydroxyl groups is 1. The Morgan fingerprint density at radius 2 is 2.31 bits per heavy atom. The van der Waals surface area contributed by atoms with Crippen LogP contribution >= 0.6 is 0 Å². The molecule has 1 aliphatic rings. The highest BCUT2D eigenvalue weighted by Crippen LogP contribution is 2.48. The van der Waals surface area contributed by atoms with Gasteiger partial charge < -0.3 is 9.84 Å². The van der Waals surface area contributed by atoms with Gasteiger partial charge in [0.15, 0.2) is 0 Å². The quantitative estimate of drug-likeness (QED) is 0.816. The van der Waals surface area contributed by atoms with E-state index in [9.17, 15) is 0 Å². The lowest BCUT2D eigenvalue weighted by Gasteiger charge is -2.12. The van der Waals surface area contributed by atoms with Crippen molar-refractivity contribution in [2.45, 2.75) is 25.9 Å². The molecular formula is C12H14N2O2. The molecular weight excluding hydrogens is 204 g/mol. The van der Waals surface area contributed by atoms with Crippen LogP contribution in [0.3, 0.4) is 0 Å². The van der Waals surface area contributed by atoms with Crippen molar-refractivity contribution < 1.29 is 9.84 Å². The molecule has 16 heavy (non-hydrogen) atoms. The van der Waals surface area contributed by atoms with Crippen LogP contribution in [0.25, 0.3) is 0 Å². The maximum atomic E-state index is 8.83. The molecule has 0 spiro atoms. The van der Waals surface area contributed by atoms with Crippen LogP contribution in [0.4, 0.5) is 0 Å². The van der Waals surface area contributed by atoms with E-state index in [2.05, 4.69) is 11.1 Å². The molecule has 1 fully saturated rings. The maximum absolute atomic E-state index is 8.83. The van der Waals surface area contributed by atoms with E-state index < -0.39 is 0 Å². The molecule has 4 heteroatoms. The Balaban J connectivity index is 1.88. The van der Waals surface area contributed by atoms with Crippen LogP contribution in [-0.4, -0.2) is 16.7 Å². The number of ether oxygens (including phenoxy) is 1. The highest BCUT2D eigenvalue weighted by atomic mass is 16.5. The summed E-state index contributed by atoms with van der Waals surface area (Å²) in [5.74, 6) is 0.696. The molecule has 4 nitrogen and oxygen atoms in total. The van der Waals surface area contributed by atoms with Gasteiger partial charge in [0.2, 0.25) is 0 Å². The number of nitriles is 1. The summed E-state index contributed by atoms with van der Waals surface area (Å²) in [6, 6.07) is 5.72. The minimum absolute atomic E-state index is 0.0569. The normalized spacial score (nSPS) is 16.5. The molecule has 2 rings (SSSR count). The Bertz CT molecular complexity index is 390. The molecule has 1 aromatic rings. The van der Waals surface area contributed by atoms with Crippen molar-refractivity contribution in [2.24, 2.45) is 5.41 Å². The molecule has 0 aromatic carbocycles. The van der Waals surface area contributed by atoms with Crippen LogP contribution in [0.5, 0.6) is 5.75 Å². The summed E-state index contributed by atoms with van der Waals surface area (Å²) in [5, 5.41) is 17.5. The van der Waals surface area contributed by atoms with E-state index >= 15 is 0 Å². The van der Waals surface area contributed by atoms with Gasteiger partial charge in [-0.3, -0.25) is 4.98 Å². The topological polar surface area (TPSA) is 66.1 Å². The van der Waals surface area contributed by atoms with E-state index in [4.69, 9.17) is 15.1 Å². The fraction of sp³-hybridized carbons (Fsp3) is 0.500. The van der Waals surface area contributed by atoms with Crippen molar-refractivity contribution in [3.05, 3.63) is 24.0 Å². The number of hydrogen-bond acceptors (Lipinski definition) is 4. The molecule has 1 saturated carbocycles. The lowest BCUT2D eigenvalue weighted by atomic mass is 10.1. The zero-order valence-corrected chi connectivity index (χ0v) is 9.02. The second kappa shape index (κ2) is 4.50. The molecule has 0 radical (unpaired) electrons. The van der Waals surface area contributed by atoms with Crippen molar-refractivity contribution in [3.63, 3.8) is 0 Å². The number of pyridine rings is 1. The monoisotopic (exact) mass is 218 g/mol. The van der Waals surface area contributed by atoms with E-state index in [-0.39, 0.29) is 12.0 Å². The molecule has 84 valence electrons. The first kappa shape index (κ1) is 10.9. The molecule has 0 unspecified atom stereocenters. The fourth-order valence-electron chi connectivity index (χ4n) is 1.54. The smallest absolute Gasteiger partial charge is 0.137 e. The average Bonchev–Trinajstić information content (AvgIpc) is 3.08. The molecule has 0 aliphatic heterocycles. The third-order valence-electron chi connectivity index (χ3n) is 2.92. The average molecular weight is 218 g/mol. The van der Waals surface area contributed by atoms with Crippen LogP contribution in [0.1, 0.15) is 25.0 Å². The van der Waals surface area contributed by atoms with Crippen molar-refractivity contribution in [3.8, 4) is 11.8 Å². The number of aliphatic hydroxyl groups excluding tert-OH is 1. The third kappa shape index (κ3) is 2.50. The highest BCUT2D eigenvalue weighted by molar-refractivity contribution is 5.20. The summed E-state index contributed by atoms with van der Waals surface area (Å²) in [7, 11) is 0. The van der Waals surface area contributed by atoms with Crippen molar-refractivity contribution >= 4 is 0 Å². The molecule has 0 amide bonds. The van der Waals surface area contributed by atoms with Gasteiger partial charge in [-0.2, -0.15) is 5.26 Å². The molecule has 1 N–H and O–H groups in total. The van der Waals surface area contributed by atoms with Gasteiger partial charge in [0.25, 0.3) is 0 Å². The Hall–Kier alpha value is -1.60. The van der Waals surface area contributed by atoms with Gasteiger partial charge in [0.1, 0.15) is 5.75 Å². The summed E-state index contributed by atoms with van der Waals surface area (Å²) >= 11 is 0. The predicted octanol–water partition coefficient (Wildman–Crippen LogP) is 1.65. The Kier molecular flexibility index (Phi) is 3.07. The lowest BCUT2D eigenvalue weighted by Crippen LogP contribution is -2.12. The van der Waals surface area contributed by atoms with Gasteiger partial charge in [-0.05, 0) is 25.0 Å². The van der Waals surface area contributed by atoms with Crippen molar-refractivity contribution in [1.29, 1.82) is 5.26 Å². The first-order chi connectivity index (χ1) is 7.78. The first-order valence-electron chi connectivity index (χ1n) is 5.34. The SMILES string of the molecule is N#CCC1(COc2ccc(CO)nc2)CC1. The van der Waals surface area contributed by atoms with Gasteiger partial charge in [-0.15, -0.1) is 0 Å². The Morgan fingerprint density at radius 1 is 1.50 bits per heavy atom. The molecule has 1 heterocycles. The van der Waals surface area contributed by atoms with Crippen molar-refractivity contribution in [2.75, 3.05) is 6.61 Å². The van der Waals surface area contributed by atoms with E-state index in [0.29, 0.717) is 24.5 Å². The first-order valence-corrected chi connectivity index (χ1v) is 5.34. The second-order valence-corrected chi connectivity index (χ2v) is 4.27. The molecule has 1 aromatic heterocycles. The van der Waals surface area contributed by atoms with Gasteiger partial charge in [-0.1, -0.05) is 0 Å². The third-order valence-corrected chi connectivity index (χ3v) is 2.92. The minimum Gasteiger partial charge on any atom is -0.491 e. The number of aromatic nitrogens is 1. The number of nitrogens with zero attached hydrogens (tertiary/aromatic N) is 2. The van der Waals surface area contributed by atoms with Gasteiger partial charge in [0.05, 0.1) is 31.2 Å². The maximum Gasteiger partial charge on any atom is 0.137 e. The predicted molar refractivity (Wildman–Crippen MR) is 57.6 cm³/mol.